The van der Waals surface area contributed by atoms with Gasteiger partial charge in [0.15, 0.2) is 6.23 Å². The number of unbranched alkanes of at least 4 members (excludes halogenated alkanes) is 2. The maximum absolute atomic E-state index is 11.9. The Kier molecular flexibility index (Phi) is 8.76. The average molecular weight is 411 g/mol. The summed E-state index contributed by atoms with van der Waals surface area (Å²) < 4.78 is 18.1. The second-order valence-electron chi connectivity index (χ2n) is 7.52. The molecule has 2 rings (SSSR count). The molecule has 29 heavy (non-hydrogen) atoms. The van der Waals surface area contributed by atoms with Crippen LogP contribution >= 0.6 is 0 Å². The highest BCUT2D eigenvalue weighted by molar-refractivity contribution is 5.94. The predicted molar refractivity (Wildman–Crippen MR) is 107 cm³/mol. The van der Waals surface area contributed by atoms with Gasteiger partial charge in [0, 0.05) is 25.0 Å². The lowest BCUT2D eigenvalue weighted by atomic mass is 9.95. The molecular formula is C20H34N4O5. The molecule has 1 fully saturated rings. The van der Waals surface area contributed by atoms with E-state index in [1.165, 1.54) is 0 Å². The van der Waals surface area contributed by atoms with Crippen LogP contribution in [0, 0.1) is 5.53 Å². The van der Waals surface area contributed by atoms with Gasteiger partial charge >= 0.3 is 0 Å². The number of hydrogen-bond donors (Lipinski definition) is 3. The minimum Gasteiger partial charge on any atom is -0.393 e. The fourth-order valence-electron chi connectivity index (χ4n) is 3.44. The van der Waals surface area contributed by atoms with E-state index in [1.807, 2.05) is 0 Å². The number of nitrogens with one attached hydrogen (secondary N) is 2. The van der Waals surface area contributed by atoms with Crippen LogP contribution in [0.15, 0.2) is 29.3 Å². The zero-order valence-electron chi connectivity index (χ0n) is 17.6. The molecule has 9 heteroatoms. The van der Waals surface area contributed by atoms with Crippen LogP contribution in [0.4, 0.5) is 0 Å². The Bertz CT molecular complexity index is 626. The normalized spacial score (nSPS) is 29.7. The van der Waals surface area contributed by atoms with E-state index in [4.69, 9.17) is 19.7 Å². The molecule has 0 aromatic heterocycles. The van der Waals surface area contributed by atoms with Crippen molar-refractivity contribution in [2.45, 2.75) is 70.4 Å². The summed E-state index contributed by atoms with van der Waals surface area (Å²) in [5, 5.41) is 16.7. The maximum Gasteiger partial charge on any atom is 0.253 e. The Balaban J connectivity index is 2.31. The van der Waals surface area contributed by atoms with Crippen LogP contribution in [0.3, 0.4) is 0 Å². The molecule has 1 amide bonds. The third-order valence-electron chi connectivity index (χ3n) is 5.21. The van der Waals surface area contributed by atoms with E-state index in [9.17, 15) is 9.90 Å². The molecule has 1 unspecified atom stereocenters. The van der Waals surface area contributed by atoms with Gasteiger partial charge in [-0.2, -0.15) is 5.11 Å². The molecule has 1 saturated heterocycles. The lowest BCUT2D eigenvalue weighted by Gasteiger charge is -2.35. The van der Waals surface area contributed by atoms with Crippen LogP contribution in [0.25, 0.3) is 0 Å². The van der Waals surface area contributed by atoms with Gasteiger partial charge in [-0.05, 0) is 19.8 Å². The first-order chi connectivity index (χ1) is 13.9. The maximum atomic E-state index is 11.9. The van der Waals surface area contributed by atoms with Gasteiger partial charge in [-0.15, -0.1) is 0 Å². The van der Waals surface area contributed by atoms with Crippen molar-refractivity contribution in [1.82, 2.24) is 10.2 Å². The van der Waals surface area contributed by atoms with Gasteiger partial charge in [-0.1, -0.05) is 33.3 Å². The van der Waals surface area contributed by atoms with Crippen LogP contribution in [0.5, 0.6) is 0 Å². The zero-order chi connectivity index (χ0) is 21.4. The summed E-state index contributed by atoms with van der Waals surface area (Å²) in [4.78, 5) is 13.5. The first kappa shape index (κ1) is 23.5. The molecule has 3 N–H and O–H groups in total. The van der Waals surface area contributed by atoms with Crippen molar-refractivity contribution in [2.24, 2.45) is 5.11 Å². The number of nitrogens with zero attached hydrogens (tertiary/aromatic N) is 2. The van der Waals surface area contributed by atoms with Gasteiger partial charge < -0.3 is 29.5 Å². The number of ether oxygens (including phenoxy) is 3. The van der Waals surface area contributed by atoms with Crippen LogP contribution in [-0.2, 0) is 19.0 Å². The van der Waals surface area contributed by atoms with Crippen molar-refractivity contribution in [3.05, 3.63) is 24.2 Å². The topological polar surface area (TPSA) is 116 Å². The summed E-state index contributed by atoms with van der Waals surface area (Å²) in [6.07, 6.45) is 3.89. The minimum absolute atomic E-state index is 0.123. The van der Waals surface area contributed by atoms with Crippen molar-refractivity contribution in [3.63, 3.8) is 0 Å². The first-order valence-electron chi connectivity index (χ1n) is 10.3. The fourth-order valence-corrected chi connectivity index (χ4v) is 3.44. The van der Waals surface area contributed by atoms with Crippen molar-refractivity contribution in [1.29, 1.82) is 5.53 Å². The van der Waals surface area contributed by atoms with Crippen LogP contribution in [0.2, 0.25) is 0 Å². The van der Waals surface area contributed by atoms with E-state index in [0.717, 1.165) is 25.7 Å². The Hall–Kier alpha value is -1.81. The molecule has 0 aromatic carbocycles. The predicted octanol–water partition coefficient (Wildman–Crippen LogP) is 2.28. The molecular weight excluding hydrogens is 376 g/mol. The van der Waals surface area contributed by atoms with Crippen LogP contribution in [-0.4, -0.2) is 66.3 Å². The molecule has 2 heterocycles. The molecule has 2 aliphatic rings. The number of carbonyl (C=O) groups is 1. The van der Waals surface area contributed by atoms with E-state index in [-0.39, 0.29) is 19.1 Å². The largest absolute Gasteiger partial charge is 0.393 e. The second kappa shape index (κ2) is 10.8. The summed E-state index contributed by atoms with van der Waals surface area (Å²) >= 11 is 0. The van der Waals surface area contributed by atoms with E-state index in [0.29, 0.717) is 24.6 Å². The highest BCUT2D eigenvalue weighted by atomic mass is 16.6. The Labute approximate surface area is 172 Å². The summed E-state index contributed by atoms with van der Waals surface area (Å²) in [6.45, 7) is 10.5. The average Bonchev–Trinajstić information content (AvgIpc) is 3.02. The summed E-state index contributed by atoms with van der Waals surface area (Å²) in [6, 6.07) is -0.718. The fraction of sp³-hybridized carbons (Fsp3) is 0.750. The number of aliphatic hydroxyl groups excluding tert-OH is 1. The zero-order valence-corrected chi connectivity index (χ0v) is 17.6. The van der Waals surface area contributed by atoms with E-state index < -0.39 is 24.0 Å². The van der Waals surface area contributed by atoms with Crippen molar-refractivity contribution < 1.29 is 24.1 Å². The number of hydrogen-bond acceptors (Lipinski definition) is 8. The second-order valence-corrected chi connectivity index (χ2v) is 7.52. The van der Waals surface area contributed by atoms with Crippen LogP contribution < -0.4 is 5.32 Å². The van der Waals surface area contributed by atoms with Gasteiger partial charge in [0.05, 0.1) is 13.2 Å². The van der Waals surface area contributed by atoms with Crippen LogP contribution in [0.1, 0.15) is 46.5 Å². The number of carbonyl (C=O) groups excluding carboxylic acids is 1. The SMILES string of the molecule is C=C1NC(=O)C(C)=CN1[C@@H]1O[C@](CO)(COCCCC)C(OCCCC)[C@@H]1N=N. The summed E-state index contributed by atoms with van der Waals surface area (Å²) in [7, 11) is 0. The molecule has 9 nitrogen and oxygen atoms in total. The Morgan fingerprint density at radius 3 is 2.69 bits per heavy atom. The van der Waals surface area contributed by atoms with Crippen molar-refractivity contribution in [3.8, 4) is 0 Å². The van der Waals surface area contributed by atoms with Gasteiger partial charge in [0.2, 0.25) is 0 Å². The first-order valence-corrected chi connectivity index (χ1v) is 10.3. The van der Waals surface area contributed by atoms with Crippen molar-refractivity contribution in [2.75, 3.05) is 26.4 Å². The van der Waals surface area contributed by atoms with E-state index in [1.54, 1.807) is 18.0 Å². The molecule has 0 aromatic rings. The van der Waals surface area contributed by atoms with E-state index >= 15 is 0 Å². The third-order valence-corrected chi connectivity index (χ3v) is 5.21. The third kappa shape index (κ3) is 5.22. The number of aliphatic hydroxyl groups is 1. The molecule has 4 atom stereocenters. The quantitative estimate of drug-likeness (QED) is 0.336. The van der Waals surface area contributed by atoms with Gasteiger partial charge in [-0.3, -0.25) is 4.79 Å². The van der Waals surface area contributed by atoms with Gasteiger partial charge in [-0.25, -0.2) is 5.53 Å². The lowest BCUT2D eigenvalue weighted by molar-refractivity contribution is -0.174. The standard InChI is InChI=1S/C20H34N4O5/c1-5-7-9-27-13-20(12-25)17(28-10-8-6-2)16(23-21)19(29-20)24-11-14(3)18(26)22-15(24)4/h11,16-17,19,21,25H,4-10,12-13H2,1-3H3,(H,22,26)/t16-,17?,19+,20+/m0/s1. The molecule has 0 radical (unpaired) electrons. The lowest BCUT2D eigenvalue weighted by Crippen LogP contribution is -2.51. The minimum atomic E-state index is -1.16. The summed E-state index contributed by atoms with van der Waals surface area (Å²) in [5.74, 6) is 0.0860. The molecule has 0 aliphatic carbocycles. The van der Waals surface area contributed by atoms with Gasteiger partial charge in [0.1, 0.15) is 23.6 Å². The van der Waals surface area contributed by atoms with Gasteiger partial charge in [0.25, 0.3) is 5.91 Å². The van der Waals surface area contributed by atoms with E-state index in [2.05, 4.69) is 30.9 Å². The molecule has 164 valence electrons. The number of rotatable bonds is 12. The molecule has 0 spiro atoms. The highest BCUT2D eigenvalue weighted by Crippen LogP contribution is 2.39. The summed E-state index contributed by atoms with van der Waals surface area (Å²) in [5.41, 5.74) is 7.11. The Morgan fingerprint density at radius 1 is 1.38 bits per heavy atom. The monoisotopic (exact) mass is 410 g/mol. The molecule has 0 saturated carbocycles. The number of amides is 1. The highest BCUT2D eigenvalue weighted by Gasteiger charge is 2.58. The Morgan fingerprint density at radius 2 is 2.07 bits per heavy atom. The molecule has 2 aliphatic heterocycles. The smallest absolute Gasteiger partial charge is 0.253 e. The molecule has 0 bridgehead atoms. The van der Waals surface area contributed by atoms with Crippen molar-refractivity contribution >= 4 is 5.91 Å².